The van der Waals surface area contributed by atoms with Gasteiger partial charge in [0.1, 0.15) is 0 Å². The lowest BCUT2D eigenvalue weighted by atomic mass is 10.00. The van der Waals surface area contributed by atoms with E-state index < -0.39 is 5.97 Å². The Kier molecular flexibility index (Phi) is 5.21. The van der Waals surface area contributed by atoms with Gasteiger partial charge in [-0.25, -0.2) is 4.79 Å². The lowest BCUT2D eigenvalue weighted by Gasteiger charge is -2.10. The Labute approximate surface area is 130 Å². The van der Waals surface area contributed by atoms with Gasteiger partial charge in [0.2, 0.25) is 0 Å². The standard InChI is InChI=1S/C17H24N2O3/c1-3-12-9-13(17(21)22)10-15-14(5-4-8-20)11(2)19(7-6-18)16(12)15/h9-10,20H,3-8,18H2,1-2H3,(H,21,22). The molecule has 120 valence electrons. The second kappa shape index (κ2) is 6.94. The first kappa shape index (κ1) is 16.5. The predicted octanol–water partition coefficient (Wildman–Crippen LogP) is 2.09. The molecule has 1 aromatic heterocycles. The van der Waals surface area contributed by atoms with Crippen LogP contribution in [0.15, 0.2) is 12.1 Å². The fourth-order valence-electron chi connectivity index (χ4n) is 3.14. The summed E-state index contributed by atoms with van der Waals surface area (Å²) in [7, 11) is 0. The zero-order chi connectivity index (χ0) is 16.3. The summed E-state index contributed by atoms with van der Waals surface area (Å²) in [6.07, 6.45) is 2.18. The van der Waals surface area contributed by atoms with Crippen molar-refractivity contribution >= 4 is 16.9 Å². The second-order valence-electron chi connectivity index (χ2n) is 5.52. The Balaban J connectivity index is 2.78. The fraction of sp³-hybridized carbons (Fsp3) is 0.471. The summed E-state index contributed by atoms with van der Waals surface area (Å²) in [5, 5.41) is 19.4. The van der Waals surface area contributed by atoms with Crippen LogP contribution in [0.3, 0.4) is 0 Å². The van der Waals surface area contributed by atoms with E-state index in [0.717, 1.165) is 40.6 Å². The number of aromatic nitrogens is 1. The molecule has 0 aliphatic carbocycles. The SMILES string of the molecule is CCc1cc(C(=O)O)cc2c(CCCO)c(C)n(CCN)c12. The normalized spacial score (nSPS) is 11.3. The van der Waals surface area contributed by atoms with E-state index in [-0.39, 0.29) is 6.61 Å². The van der Waals surface area contributed by atoms with E-state index in [1.807, 2.05) is 13.8 Å². The van der Waals surface area contributed by atoms with Crippen molar-refractivity contribution in [1.29, 1.82) is 0 Å². The van der Waals surface area contributed by atoms with Gasteiger partial charge in [0.25, 0.3) is 0 Å². The number of fused-ring (bicyclic) bond motifs is 1. The molecule has 0 atom stereocenters. The van der Waals surface area contributed by atoms with Crippen LogP contribution in [0, 0.1) is 6.92 Å². The molecule has 5 heteroatoms. The average molecular weight is 304 g/mol. The number of aryl methyl sites for hydroxylation is 2. The Bertz CT molecular complexity index is 689. The van der Waals surface area contributed by atoms with Crippen molar-refractivity contribution < 1.29 is 15.0 Å². The van der Waals surface area contributed by atoms with Gasteiger partial charge < -0.3 is 20.5 Å². The van der Waals surface area contributed by atoms with Crippen LogP contribution in [0.1, 0.15) is 40.5 Å². The average Bonchev–Trinajstić information content (AvgIpc) is 2.77. The first-order valence-corrected chi connectivity index (χ1v) is 7.73. The third kappa shape index (κ3) is 2.87. The predicted molar refractivity (Wildman–Crippen MR) is 87.5 cm³/mol. The van der Waals surface area contributed by atoms with E-state index in [2.05, 4.69) is 4.57 Å². The third-order valence-corrected chi connectivity index (χ3v) is 4.19. The van der Waals surface area contributed by atoms with Crippen LogP contribution in [-0.4, -0.2) is 33.9 Å². The molecule has 0 fully saturated rings. The number of carboxylic acids is 1. The molecule has 2 aromatic rings. The summed E-state index contributed by atoms with van der Waals surface area (Å²) in [5.41, 5.74) is 10.4. The highest BCUT2D eigenvalue weighted by atomic mass is 16.4. The Hall–Kier alpha value is -1.85. The summed E-state index contributed by atoms with van der Waals surface area (Å²) in [5.74, 6) is -0.908. The van der Waals surface area contributed by atoms with Crippen molar-refractivity contribution in [2.75, 3.05) is 13.2 Å². The highest BCUT2D eigenvalue weighted by molar-refractivity contribution is 5.97. The van der Waals surface area contributed by atoms with Gasteiger partial charge in [-0.15, -0.1) is 0 Å². The minimum atomic E-state index is -0.908. The molecular formula is C17H24N2O3. The van der Waals surface area contributed by atoms with Crippen molar-refractivity contribution in [3.63, 3.8) is 0 Å². The molecule has 0 unspecified atom stereocenters. The molecule has 22 heavy (non-hydrogen) atoms. The number of carboxylic acid groups (broad SMARTS) is 1. The van der Waals surface area contributed by atoms with E-state index in [1.165, 1.54) is 0 Å². The fourth-order valence-corrected chi connectivity index (χ4v) is 3.14. The molecular weight excluding hydrogens is 280 g/mol. The summed E-state index contributed by atoms with van der Waals surface area (Å²) in [6.45, 7) is 5.45. The number of aliphatic hydroxyl groups excluding tert-OH is 1. The van der Waals surface area contributed by atoms with Crippen LogP contribution < -0.4 is 5.73 Å². The first-order valence-electron chi connectivity index (χ1n) is 7.73. The van der Waals surface area contributed by atoms with Crippen LogP contribution in [0.4, 0.5) is 0 Å². The topological polar surface area (TPSA) is 88.5 Å². The van der Waals surface area contributed by atoms with Crippen LogP contribution in [0.2, 0.25) is 0 Å². The van der Waals surface area contributed by atoms with Gasteiger partial charge in [-0.3, -0.25) is 0 Å². The van der Waals surface area contributed by atoms with Gasteiger partial charge in [0.15, 0.2) is 0 Å². The zero-order valence-corrected chi connectivity index (χ0v) is 13.2. The number of nitrogens with zero attached hydrogens (tertiary/aromatic N) is 1. The maximum absolute atomic E-state index is 11.4. The Morgan fingerprint density at radius 2 is 2.09 bits per heavy atom. The van der Waals surface area contributed by atoms with Crippen LogP contribution in [-0.2, 0) is 19.4 Å². The Morgan fingerprint density at radius 1 is 1.36 bits per heavy atom. The van der Waals surface area contributed by atoms with Crippen molar-refractivity contribution in [2.24, 2.45) is 5.73 Å². The molecule has 0 radical (unpaired) electrons. The molecule has 1 heterocycles. The molecule has 0 aliphatic rings. The smallest absolute Gasteiger partial charge is 0.335 e. The molecule has 5 nitrogen and oxygen atoms in total. The molecule has 0 amide bonds. The van der Waals surface area contributed by atoms with Crippen LogP contribution in [0.25, 0.3) is 10.9 Å². The largest absolute Gasteiger partial charge is 0.478 e. The minimum absolute atomic E-state index is 0.127. The van der Waals surface area contributed by atoms with Crippen molar-refractivity contribution in [3.05, 3.63) is 34.5 Å². The highest BCUT2D eigenvalue weighted by Gasteiger charge is 2.18. The minimum Gasteiger partial charge on any atom is -0.478 e. The lowest BCUT2D eigenvalue weighted by molar-refractivity contribution is 0.0697. The maximum atomic E-state index is 11.4. The molecule has 4 N–H and O–H groups in total. The lowest BCUT2D eigenvalue weighted by Crippen LogP contribution is -2.12. The number of hydrogen-bond acceptors (Lipinski definition) is 3. The third-order valence-electron chi connectivity index (χ3n) is 4.19. The quantitative estimate of drug-likeness (QED) is 0.731. The summed E-state index contributed by atoms with van der Waals surface area (Å²) in [6, 6.07) is 3.51. The number of hydrogen-bond donors (Lipinski definition) is 3. The van der Waals surface area contributed by atoms with Crippen LogP contribution in [0.5, 0.6) is 0 Å². The van der Waals surface area contributed by atoms with Gasteiger partial charge in [0, 0.05) is 30.8 Å². The zero-order valence-electron chi connectivity index (χ0n) is 13.2. The summed E-state index contributed by atoms with van der Waals surface area (Å²) in [4.78, 5) is 11.4. The van der Waals surface area contributed by atoms with Gasteiger partial charge in [-0.2, -0.15) is 0 Å². The number of aromatic carboxylic acids is 1. The van der Waals surface area contributed by atoms with E-state index >= 15 is 0 Å². The summed E-state index contributed by atoms with van der Waals surface area (Å²) < 4.78 is 2.19. The molecule has 0 aliphatic heterocycles. The van der Waals surface area contributed by atoms with E-state index in [1.54, 1.807) is 12.1 Å². The number of aliphatic hydroxyl groups is 1. The van der Waals surface area contributed by atoms with Crippen molar-refractivity contribution in [1.82, 2.24) is 4.57 Å². The highest BCUT2D eigenvalue weighted by Crippen LogP contribution is 2.31. The number of carbonyl (C=O) groups is 1. The van der Waals surface area contributed by atoms with Gasteiger partial charge in [0.05, 0.1) is 11.1 Å². The molecule has 0 bridgehead atoms. The van der Waals surface area contributed by atoms with Gasteiger partial charge in [-0.1, -0.05) is 6.92 Å². The Morgan fingerprint density at radius 3 is 2.64 bits per heavy atom. The van der Waals surface area contributed by atoms with Crippen molar-refractivity contribution in [3.8, 4) is 0 Å². The molecule has 0 spiro atoms. The first-order chi connectivity index (χ1) is 10.5. The van der Waals surface area contributed by atoms with Crippen LogP contribution >= 0.6 is 0 Å². The van der Waals surface area contributed by atoms with Gasteiger partial charge >= 0.3 is 5.97 Å². The monoisotopic (exact) mass is 304 g/mol. The molecule has 2 rings (SSSR count). The summed E-state index contributed by atoms with van der Waals surface area (Å²) >= 11 is 0. The van der Waals surface area contributed by atoms with Gasteiger partial charge in [-0.05, 0) is 49.4 Å². The van der Waals surface area contributed by atoms with E-state index in [0.29, 0.717) is 25.1 Å². The number of rotatable bonds is 7. The van der Waals surface area contributed by atoms with E-state index in [4.69, 9.17) is 10.8 Å². The van der Waals surface area contributed by atoms with Crippen molar-refractivity contribution in [2.45, 2.75) is 39.7 Å². The molecule has 0 saturated carbocycles. The maximum Gasteiger partial charge on any atom is 0.335 e. The molecule has 1 aromatic carbocycles. The van der Waals surface area contributed by atoms with E-state index in [9.17, 15) is 9.90 Å². The number of benzene rings is 1. The molecule has 0 saturated heterocycles. The number of nitrogens with two attached hydrogens (primary N) is 1. The second-order valence-corrected chi connectivity index (χ2v) is 5.52.